The molecular formula is C19H30N2O. The second-order valence-electron chi connectivity index (χ2n) is 7.29. The normalized spacial score (nSPS) is 29.3. The Kier molecular flexibility index (Phi) is 4.86. The van der Waals surface area contributed by atoms with Crippen LogP contribution in [0, 0.1) is 13.8 Å². The molecule has 3 rings (SSSR count). The van der Waals surface area contributed by atoms with Gasteiger partial charge in [-0.25, -0.2) is 0 Å². The van der Waals surface area contributed by atoms with Crippen LogP contribution in [-0.2, 0) is 6.54 Å². The van der Waals surface area contributed by atoms with Gasteiger partial charge in [0.25, 0.3) is 0 Å². The number of aliphatic hydroxyl groups is 1. The molecule has 2 saturated heterocycles. The molecule has 1 aromatic rings. The topological polar surface area (TPSA) is 35.5 Å². The highest BCUT2D eigenvalue weighted by Crippen LogP contribution is 2.33. The van der Waals surface area contributed by atoms with Gasteiger partial charge in [-0.15, -0.1) is 0 Å². The minimum Gasteiger partial charge on any atom is -0.387 e. The van der Waals surface area contributed by atoms with Gasteiger partial charge >= 0.3 is 0 Å². The van der Waals surface area contributed by atoms with E-state index in [4.69, 9.17) is 0 Å². The molecule has 0 radical (unpaired) electrons. The fourth-order valence-corrected chi connectivity index (χ4v) is 4.23. The number of rotatable bonds is 4. The molecule has 0 amide bonds. The molecule has 2 N–H and O–H groups in total. The molecule has 22 heavy (non-hydrogen) atoms. The van der Waals surface area contributed by atoms with E-state index >= 15 is 0 Å². The van der Waals surface area contributed by atoms with Crippen LogP contribution in [0.3, 0.4) is 0 Å². The molecule has 0 aromatic heterocycles. The van der Waals surface area contributed by atoms with Crippen molar-refractivity contribution < 1.29 is 5.11 Å². The molecule has 3 nitrogen and oxygen atoms in total. The van der Waals surface area contributed by atoms with Crippen LogP contribution in [0.4, 0.5) is 0 Å². The van der Waals surface area contributed by atoms with Crippen LogP contribution in [-0.4, -0.2) is 41.3 Å². The second-order valence-corrected chi connectivity index (χ2v) is 7.29. The maximum atomic E-state index is 11.2. The van der Waals surface area contributed by atoms with Crippen LogP contribution in [0.1, 0.15) is 48.8 Å². The second kappa shape index (κ2) is 6.69. The minimum absolute atomic E-state index is 0.362. The number of benzene rings is 1. The Labute approximate surface area is 134 Å². The average molecular weight is 302 g/mol. The zero-order valence-electron chi connectivity index (χ0n) is 14.1. The van der Waals surface area contributed by atoms with Gasteiger partial charge < -0.3 is 10.4 Å². The monoisotopic (exact) mass is 302 g/mol. The maximum Gasteiger partial charge on any atom is 0.0926 e. The summed E-state index contributed by atoms with van der Waals surface area (Å²) in [6.45, 7) is 8.20. The third-order valence-corrected chi connectivity index (χ3v) is 5.54. The van der Waals surface area contributed by atoms with Crippen molar-refractivity contribution in [1.82, 2.24) is 10.2 Å². The number of nitrogens with zero attached hydrogens (tertiary/aromatic N) is 1. The van der Waals surface area contributed by atoms with E-state index in [-0.39, 0.29) is 0 Å². The van der Waals surface area contributed by atoms with Crippen LogP contribution in [0.2, 0.25) is 0 Å². The number of fused-ring (bicyclic) bond motifs is 1. The Hall–Kier alpha value is -0.900. The Morgan fingerprint density at radius 2 is 2.05 bits per heavy atom. The third kappa shape index (κ3) is 3.37. The summed E-state index contributed by atoms with van der Waals surface area (Å²) in [6, 6.07) is 6.96. The van der Waals surface area contributed by atoms with Gasteiger partial charge in [0.1, 0.15) is 0 Å². The van der Waals surface area contributed by atoms with Gasteiger partial charge in [-0.05, 0) is 63.7 Å². The zero-order chi connectivity index (χ0) is 15.6. The Bertz CT molecular complexity index is 514. The summed E-state index contributed by atoms with van der Waals surface area (Å²) < 4.78 is 0. The summed E-state index contributed by atoms with van der Waals surface area (Å²) in [5, 5.41) is 14.7. The van der Waals surface area contributed by atoms with Crippen LogP contribution in [0.25, 0.3) is 0 Å². The predicted octanol–water partition coefficient (Wildman–Crippen LogP) is 2.77. The van der Waals surface area contributed by atoms with E-state index in [1.54, 1.807) is 0 Å². The number of nitrogens with one attached hydrogen (secondary N) is 1. The summed E-state index contributed by atoms with van der Waals surface area (Å²) in [7, 11) is 0. The van der Waals surface area contributed by atoms with Gasteiger partial charge in [-0.3, -0.25) is 4.90 Å². The smallest absolute Gasteiger partial charge is 0.0926 e. The van der Waals surface area contributed by atoms with Crippen molar-refractivity contribution in [2.45, 2.75) is 64.1 Å². The highest BCUT2D eigenvalue weighted by molar-refractivity contribution is 5.30. The molecule has 2 fully saturated rings. The summed E-state index contributed by atoms with van der Waals surface area (Å²) in [5.41, 5.74) is 3.43. The lowest BCUT2D eigenvalue weighted by molar-refractivity contribution is -0.0919. The molecule has 2 heterocycles. The molecule has 1 aromatic carbocycles. The van der Waals surface area contributed by atoms with E-state index in [0.29, 0.717) is 12.6 Å². The lowest BCUT2D eigenvalue weighted by Gasteiger charge is -2.49. The molecule has 0 saturated carbocycles. The highest BCUT2D eigenvalue weighted by atomic mass is 16.3. The summed E-state index contributed by atoms with van der Waals surface area (Å²) in [5.74, 6) is 0. The van der Waals surface area contributed by atoms with Crippen molar-refractivity contribution >= 4 is 0 Å². The number of piperidine rings is 2. The molecule has 3 heteroatoms. The third-order valence-electron chi connectivity index (χ3n) is 5.54. The SMILES string of the molecule is Cc1ccc(C)c(CNC[C@]2(O)CCCN3CCCC[C@@H]32)c1. The lowest BCUT2D eigenvalue weighted by atomic mass is 9.79. The largest absolute Gasteiger partial charge is 0.387 e. The summed E-state index contributed by atoms with van der Waals surface area (Å²) in [6.07, 6.45) is 5.77. The van der Waals surface area contributed by atoms with Crippen molar-refractivity contribution in [2.75, 3.05) is 19.6 Å². The van der Waals surface area contributed by atoms with E-state index < -0.39 is 5.60 Å². The highest BCUT2D eigenvalue weighted by Gasteiger charge is 2.43. The van der Waals surface area contributed by atoms with E-state index in [1.807, 2.05) is 0 Å². The Morgan fingerprint density at radius 3 is 2.91 bits per heavy atom. The van der Waals surface area contributed by atoms with Crippen molar-refractivity contribution in [2.24, 2.45) is 0 Å². The quantitative estimate of drug-likeness (QED) is 0.898. The van der Waals surface area contributed by atoms with Gasteiger partial charge in [0, 0.05) is 19.1 Å². The number of aryl methyl sites for hydroxylation is 2. The Balaban J connectivity index is 1.61. The fourth-order valence-electron chi connectivity index (χ4n) is 4.23. The van der Waals surface area contributed by atoms with Gasteiger partial charge in [-0.1, -0.05) is 30.2 Å². The fraction of sp³-hybridized carbons (Fsp3) is 0.684. The summed E-state index contributed by atoms with van der Waals surface area (Å²) >= 11 is 0. The molecule has 2 aliphatic heterocycles. The van der Waals surface area contributed by atoms with Crippen molar-refractivity contribution in [1.29, 1.82) is 0 Å². The molecule has 122 valence electrons. The number of hydrogen-bond acceptors (Lipinski definition) is 3. The first-order valence-corrected chi connectivity index (χ1v) is 8.82. The van der Waals surface area contributed by atoms with E-state index in [9.17, 15) is 5.11 Å². The first-order valence-electron chi connectivity index (χ1n) is 8.82. The first-order chi connectivity index (χ1) is 10.6. The van der Waals surface area contributed by atoms with Gasteiger partial charge in [0.15, 0.2) is 0 Å². The average Bonchev–Trinajstić information content (AvgIpc) is 2.51. The van der Waals surface area contributed by atoms with Crippen molar-refractivity contribution in [3.63, 3.8) is 0 Å². The predicted molar refractivity (Wildman–Crippen MR) is 91.0 cm³/mol. The molecule has 0 spiro atoms. The molecular weight excluding hydrogens is 272 g/mol. The molecule has 2 aliphatic rings. The van der Waals surface area contributed by atoms with E-state index in [2.05, 4.69) is 42.3 Å². The van der Waals surface area contributed by atoms with Crippen LogP contribution >= 0.6 is 0 Å². The number of hydrogen-bond donors (Lipinski definition) is 2. The van der Waals surface area contributed by atoms with Crippen LogP contribution in [0.15, 0.2) is 18.2 Å². The van der Waals surface area contributed by atoms with Crippen molar-refractivity contribution in [3.05, 3.63) is 34.9 Å². The summed E-state index contributed by atoms with van der Waals surface area (Å²) in [4.78, 5) is 2.52. The molecule has 0 aliphatic carbocycles. The van der Waals surface area contributed by atoms with Gasteiger partial charge in [0.05, 0.1) is 5.60 Å². The Morgan fingerprint density at radius 1 is 1.23 bits per heavy atom. The first kappa shape index (κ1) is 16.0. The van der Waals surface area contributed by atoms with E-state index in [1.165, 1.54) is 42.6 Å². The van der Waals surface area contributed by atoms with Crippen LogP contribution in [0.5, 0.6) is 0 Å². The molecule has 0 bridgehead atoms. The molecule has 2 atom stereocenters. The molecule has 0 unspecified atom stereocenters. The zero-order valence-corrected chi connectivity index (χ0v) is 14.1. The lowest BCUT2D eigenvalue weighted by Crippen LogP contribution is -2.62. The van der Waals surface area contributed by atoms with Crippen molar-refractivity contribution in [3.8, 4) is 0 Å². The minimum atomic E-state index is -0.545. The standard InChI is InChI=1S/C19H30N2O/c1-15-7-8-16(2)17(12-15)13-20-14-19(22)9-5-11-21-10-4-3-6-18(19)21/h7-8,12,18,20,22H,3-6,9-11,13-14H2,1-2H3/t18-,19-/m1/s1. The van der Waals surface area contributed by atoms with E-state index in [0.717, 1.165) is 25.8 Å². The maximum absolute atomic E-state index is 11.2. The van der Waals surface area contributed by atoms with Gasteiger partial charge in [0.2, 0.25) is 0 Å². The van der Waals surface area contributed by atoms with Crippen LogP contribution < -0.4 is 5.32 Å². The van der Waals surface area contributed by atoms with Gasteiger partial charge in [-0.2, -0.15) is 0 Å².